The van der Waals surface area contributed by atoms with Gasteiger partial charge in [0, 0.05) is 13.1 Å². The van der Waals surface area contributed by atoms with E-state index in [1.165, 1.54) is 12.7 Å². The maximum absolute atomic E-state index is 13.1. The molecule has 8 heteroatoms. The Morgan fingerprint density at radius 3 is 2.72 bits per heavy atom. The molecule has 1 aliphatic heterocycles. The van der Waals surface area contributed by atoms with E-state index >= 15 is 0 Å². The third-order valence-electron chi connectivity index (χ3n) is 4.80. The Bertz CT molecular complexity index is 790. The SMILES string of the molecule is COC(=O)CC1C(=O)NCCN1S(=O)(=O)c1ccc2c(c1)CCCC2. The summed E-state index contributed by atoms with van der Waals surface area (Å²) in [7, 11) is -2.65. The van der Waals surface area contributed by atoms with Crippen molar-refractivity contribution in [1.29, 1.82) is 0 Å². The lowest BCUT2D eigenvalue weighted by Gasteiger charge is -2.33. The van der Waals surface area contributed by atoms with Crippen molar-refractivity contribution < 1.29 is 22.7 Å². The van der Waals surface area contributed by atoms with Crippen molar-refractivity contribution in [2.45, 2.75) is 43.0 Å². The number of methoxy groups -OCH3 is 1. The number of benzene rings is 1. The van der Waals surface area contributed by atoms with Gasteiger partial charge in [-0.05, 0) is 48.9 Å². The molecule has 0 spiro atoms. The van der Waals surface area contributed by atoms with Gasteiger partial charge in [0.25, 0.3) is 0 Å². The molecule has 1 aromatic rings. The highest BCUT2D eigenvalue weighted by Crippen LogP contribution is 2.27. The van der Waals surface area contributed by atoms with Crippen LogP contribution in [0.25, 0.3) is 0 Å². The molecule has 7 nitrogen and oxygen atoms in total. The van der Waals surface area contributed by atoms with Crippen molar-refractivity contribution in [3.8, 4) is 0 Å². The molecule has 0 aromatic heterocycles. The Labute approximate surface area is 147 Å². The van der Waals surface area contributed by atoms with Gasteiger partial charge in [-0.15, -0.1) is 0 Å². The van der Waals surface area contributed by atoms with Gasteiger partial charge in [0.1, 0.15) is 6.04 Å². The largest absolute Gasteiger partial charge is 0.469 e. The van der Waals surface area contributed by atoms with E-state index in [0.29, 0.717) is 0 Å². The Morgan fingerprint density at radius 2 is 2.00 bits per heavy atom. The van der Waals surface area contributed by atoms with E-state index in [-0.39, 0.29) is 24.4 Å². The molecule has 3 rings (SSSR count). The molecule has 1 atom stereocenters. The number of hydrogen-bond donors (Lipinski definition) is 1. The average molecular weight is 366 g/mol. The van der Waals surface area contributed by atoms with Crippen LogP contribution in [-0.4, -0.2) is 50.8 Å². The van der Waals surface area contributed by atoms with Gasteiger partial charge in [-0.25, -0.2) is 8.42 Å². The van der Waals surface area contributed by atoms with E-state index in [9.17, 15) is 18.0 Å². The highest BCUT2D eigenvalue weighted by Gasteiger charge is 2.40. The number of hydrogen-bond acceptors (Lipinski definition) is 5. The summed E-state index contributed by atoms with van der Waals surface area (Å²) < 4.78 is 31.9. The van der Waals surface area contributed by atoms with E-state index in [0.717, 1.165) is 35.6 Å². The molecule has 1 fully saturated rings. The Morgan fingerprint density at radius 1 is 1.28 bits per heavy atom. The van der Waals surface area contributed by atoms with E-state index in [1.807, 2.05) is 6.07 Å². The Kier molecular flexibility index (Phi) is 5.10. The van der Waals surface area contributed by atoms with Gasteiger partial charge in [-0.2, -0.15) is 4.31 Å². The van der Waals surface area contributed by atoms with Crippen LogP contribution in [0.4, 0.5) is 0 Å². The highest BCUT2D eigenvalue weighted by atomic mass is 32.2. The number of aryl methyl sites for hydroxylation is 2. The fourth-order valence-corrected chi connectivity index (χ4v) is 5.06. The molecule has 2 aliphatic rings. The van der Waals surface area contributed by atoms with Crippen LogP contribution in [0.3, 0.4) is 0 Å². The number of piperazine rings is 1. The standard InChI is InChI=1S/C17H22N2O5S/c1-24-16(20)11-15-17(21)18-8-9-19(15)25(22,23)14-7-6-12-4-2-3-5-13(12)10-14/h6-7,10,15H,2-5,8-9,11H2,1H3,(H,18,21). The lowest BCUT2D eigenvalue weighted by Crippen LogP contribution is -2.57. The lowest BCUT2D eigenvalue weighted by atomic mass is 9.92. The van der Waals surface area contributed by atoms with Crippen LogP contribution in [0.2, 0.25) is 0 Å². The van der Waals surface area contributed by atoms with Crippen LogP contribution in [0.1, 0.15) is 30.4 Å². The number of carbonyl (C=O) groups is 2. The molecule has 0 saturated carbocycles. The van der Waals surface area contributed by atoms with Crippen molar-refractivity contribution in [3.05, 3.63) is 29.3 Å². The first-order valence-electron chi connectivity index (χ1n) is 8.41. The van der Waals surface area contributed by atoms with Crippen LogP contribution in [0, 0.1) is 0 Å². The number of carbonyl (C=O) groups excluding carboxylic acids is 2. The molecule has 0 radical (unpaired) electrons. The number of esters is 1. The maximum atomic E-state index is 13.1. The second kappa shape index (κ2) is 7.13. The monoisotopic (exact) mass is 366 g/mol. The minimum Gasteiger partial charge on any atom is -0.469 e. The normalized spacial score (nSPS) is 21.3. The lowest BCUT2D eigenvalue weighted by molar-refractivity contribution is -0.144. The van der Waals surface area contributed by atoms with Crippen LogP contribution < -0.4 is 5.32 Å². The van der Waals surface area contributed by atoms with E-state index in [4.69, 9.17) is 0 Å². The summed E-state index contributed by atoms with van der Waals surface area (Å²) in [5.41, 5.74) is 2.24. The number of ether oxygens (including phenoxy) is 1. The van der Waals surface area contributed by atoms with Crippen molar-refractivity contribution in [1.82, 2.24) is 9.62 Å². The molecule has 1 saturated heterocycles. The van der Waals surface area contributed by atoms with Gasteiger partial charge >= 0.3 is 5.97 Å². The van der Waals surface area contributed by atoms with Crippen molar-refractivity contribution >= 4 is 21.9 Å². The number of rotatable bonds is 4. The molecule has 1 unspecified atom stereocenters. The molecule has 136 valence electrons. The minimum absolute atomic E-state index is 0.132. The summed E-state index contributed by atoms with van der Waals surface area (Å²) in [5.74, 6) is -1.09. The summed E-state index contributed by atoms with van der Waals surface area (Å²) in [6, 6.07) is 4.09. The molecule has 1 aliphatic carbocycles. The Hall–Kier alpha value is -1.93. The topological polar surface area (TPSA) is 92.8 Å². The fraction of sp³-hybridized carbons (Fsp3) is 0.529. The van der Waals surface area contributed by atoms with Crippen LogP contribution in [-0.2, 0) is 37.2 Å². The molecular formula is C17H22N2O5S. The molecule has 1 aromatic carbocycles. The smallest absolute Gasteiger partial charge is 0.307 e. The number of nitrogens with one attached hydrogen (secondary N) is 1. The summed E-state index contributed by atoms with van der Waals surface area (Å²) in [6.07, 6.45) is 3.70. The second-order valence-electron chi connectivity index (χ2n) is 6.34. The number of fused-ring (bicyclic) bond motifs is 1. The summed E-state index contributed by atoms with van der Waals surface area (Å²) in [5, 5.41) is 2.61. The number of nitrogens with zero attached hydrogens (tertiary/aromatic N) is 1. The van der Waals surface area contributed by atoms with E-state index < -0.39 is 27.9 Å². The molecule has 1 N–H and O–H groups in total. The predicted octanol–water partition coefficient (Wildman–Crippen LogP) is 0.618. The molecular weight excluding hydrogens is 344 g/mol. The summed E-state index contributed by atoms with van der Waals surface area (Å²) >= 11 is 0. The first-order valence-corrected chi connectivity index (χ1v) is 9.85. The molecule has 1 amide bonds. The second-order valence-corrected chi connectivity index (χ2v) is 8.23. The zero-order valence-corrected chi connectivity index (χ0v) is 15.0. The minimum atomic E-state index is -3.87. The van der Waals surface area contributed by atoms with Gasteiger partial charge in [-0.3, -0.25) is 9.59 Å². The fourth-order valence-electron chi connectivity index (χ4n) is 3.42. The van der Waals surface area contributed by atoms with Gasteiger partial charge in [0.2, 0.25) is 15.9 Å². The van der Waals surface area contributed by atoms with Crippen molar-refractivity contribution in [2.24, 2.45) is 0 Å². The van der Waals surface area contributed by atoms with E-state index in [2.05, 4.69) is 10.1 Å². The molecule has 25 heavy (non-hydrogen) atoms. The zero-order valence-electron chi connectivity index (χ0n) is 14.2. The third kappa shape index (κ3) is 3.55. The number of amides is 1. The highest BCUT2D eigenvalue weighted by molar-refractivity contribution is 7.89. The van der Waals surface area contributed by atoms with Gasteiger partial charge in [0.05, 0.1) is 18.4 Å². The summed E-state index contributed by atoms with van der Waals surface area (Å²) in [6.45, 7) is 0.355. The van der Waals surface area contributed by atoms with Gasteiger partial charge in [-0.1, -0.05) is 6.07 Å². The molecule has 1 heterocycles. The van der Waals surface area contributed by atoms with Crippen LogP contribution in [0.5, 0.6) is 0 Å². The average Bonchev–Trinajstić information content (AvgIpc) is 2.62. The first-order chi connectivity index (χ1) is 11.9. The Balaban J connectivity index is 1.93. The maximum Gasteiger partial charge on any atom is 0.307 e. The van der Waals surface area contributed by atoms with Crippen LogP contribution >= 0.6 is 0 Å². The quantitative estimate of drug-likeness (QED) is 0.789. The van der Waals surface area contributed by atoms with E-state index in [1.54, 1.807) is 12.1 Å². The molecule has 0 bridgehead atoms. The van der Waals surface area contributed by atoms with Gasteiger partial charge < -0.3 is 10.1 Å². The predicted molar refractivity (Wildman–Crippen MR) is 90.4 cm³/mol. The zero-order chi connectivity index (χ0) is 18.0. The first kappa shape index (κ1) is 17.9. The summed E-state index contributed by atoms with van der Waals surface area (Å²) in [4.78, 5) is 23.9. The van der Waals surface area contributed by atoms with Crippen molar-refractivity contribution in [2.75, 3.05) is 20.2 Å². The van der Waals surface area contributed by atoms with Crippen LogP contribution in [0.15, 0.2) is 23.1 Å². The number of sulfonamides is 1. The van der Waals surface area contributed by atoms with Crippen molar-refractivity contribution in [3.63, 3.8) is 0 Å². The van der Waals surface area contributed by atoms with Gasteiger partial charge in [0.15, 0.2) is 0 Å². The third-order valence-corrected chi connectivity index (χ3v) is 6.70.